The zero-order valence-corrected chi connectivity index (χ0v) is 17.3. The summed E-state index contributed by atoms with van der Waals surface area (Å²) >= 11 is 0. The van der Waals surface area contributed by atoms with Crippen LogP contribution in [0.15, 0.2) is 36.9 Å². The summed E-state index contributed by atoms with van der Waals surface area (Å²) in [5, 5.41) is 8.07. The fourth-order valence-electron chi connectivity index (χ4n) is 7.14. The first-order valence-corrected chi connectivity index (χ1v) is 11.2. The molecule has 2 heterocycles. The number of hydrogen-bond acceptors (Lipinski definition) is 5. The molecule has 7 rings (SSSR count). The van der Waals surface area contributed by atoms with Crippen LogP contribution in [0.5, 0.6) is 0 Å². The molecule has 158 valence electrons. The van der Waals surface area contributed by atoms with Crippen LogP contribution < -0.4 is 10.2 Å². The van der Waals surface area contributed by atoms with E-state index in [1.165, 1.54) is 6.42 Å². The summed E-state index contributed by atoms with van der Waals surface area (Å²) in [6.07, 6.45) is 10.3. The Balaban J connectivity index is 1.29. The predicted molar refractivity (Wildman–Crippen MR) is 112 cm³/mol. The number of ether oxygens (including phenoxy) is 1. The van der Waals surface area contributed by atoms with Gasteiger partial charge in [-0.1, -0.05) is 12.1 Å². The molecule has 2 unspecified atom stereocenters. The van der Waals surface area contributed by atoms with Crippen LogP contribution in [-0.2, 0) is 10.3 Å². The van der Waals surface area contributed by atoms with Crippen LogP contribution in [0, 0.1) is 11.8 Å². The van der Waals surface area contributed by atoms with Gasteiger partial charge in [-0.25, -0.2) is 9.67 Å². The molecule has 30 heavy (non-hydrogen) atoms. The zero-order valence-electron chi connectivity index (χ0n) is 17.3. The number of rotatable bonds is 4. The number of aromatic nitrogens is 3. The van der Waals surface area contributed by atoms with Gasteiger partial charge in [0.1, 0.15) is 12.7 Å². The van der Waals surface area contributed by atoms with Crippen molar-refractivity contribution < 1.29 is 9.53 Å². The molecule has 4 bridgehead atoms. The van der Waals surface area contributed by atoms with E-state index < -0.39 is 0 Å². The molecule has 1 N–H and O–H groups in total. The van der Waals surface area contributed by atoms with Crippen LogP contribution in [0.1, 0.15) is 48.9 Å². The van der Waals surface area contributed by atoms with Crippen molar-refractivity contribution in [1.29, 1.82) is 0 Å². The third kappa shape index (κ3) is 2.94. The first-order valence-electron chi connectivity index (χ1n) is 11.2. The number of amides is 1. The lowest BCUT2D eigenvalue weighted by Crippen LogP contribution is -2.66. The number of carbonyl (C=O) groups excluding carboxylic acids is 1. The lowest BCUT2D eigenvalue weighted by Gasteiger charge is -2.61. The fourth-order valence-corrected chi connectivity index (χ4v) is 7.14. The molecule has 1 saturated heterocycles. The molecule has 0 spiro atoms. The second-order valence-corrected chi connectivity index (χ2v) is 9.88. The summed E-state index contributed by atoms with van der Waals surface area (Å²) in [6.45, 7) is 3.08. The number of anilines is 1. The average Bonchev–Trinajstić information content (AvgIpc) is 3.29. The van der Waals surface area contributed by atoms with Crippen molar-refractivity contribution >= 4 is 11.6 Å². The molecular weight excluding hydrogens is 378 g/mol. The van der Waals surface area contributed by atoms with Gasteiger partial charge in [0.15, 0.2) is 0 Å². The molecule has 2 atom stereocenters. The summed E-state index contributed by atoms with van der Waals surface area (Å²) in [7, 11) is 0. The van der Waals surface area contributed by atoms with Crippen LogP contribution in [0.4, 0.5) is 5.69 Å². The number of morpholine rings is 1. The van der Waals surface area contributed by atoms with Crippen molar-refractivity contribution in [2.24, 2.45) is 11.8 Å². The summed E-state index contributed by atoms with van der Waals surface area (Å²) in [6, 6.07) is 8.02. The van der Waals surface area contributed by atoms with E-state index in [-0.39, 0.29) is 17.0 Å². The minimum Gasteiger partial charge on any atom is -0.378 e. The summed E-state index contributed by atoms with van der Waals surface area (Å²) in [4.78, 5) is 20.1. The molecule has 1 amide bonds. The van der Waals surface area contributed by atoms with E-state index in [0.29, 0.717) is 25.0 Å². The standard InChI is InChI=1S/C23H29N5O2/c29-21(19-3-1-2-4-20(19)27-5-7-30-8-6-27)26-22-10-17-9-18(11-22)13-23(12-17,14-22)28-16-24-15-25-28/h1-4,15-18H,5-14H2,(H,26,29). The minimum absolute atomic E-state index is 0.0115. The van der Waals surface area contributed by atoms with Crippen molar-refractivity contribution in [1.82, 2.24) is 20.1 Å². The molecule has 5 fully saturated rings. The van der Waals surface area contributed by atoms with Gasteiger partial charge in [-0.2, -0.15) is 5.10 Å². The molecule has 1 aliphatic heterocycles. The van der Waals surface area contributed by atoms with Crippen LogP contribution in [-0.4, -0.2) is 52.5 Å². The van der Waals surface area contributed by atoms with Crippen LogP contribution in [0.25, 0.3) is 0 Å². The molecule has 7 nitrogen and oxygen atoms in total. The number of nitrogens with zero attached hydrogens (tertiary/aromatic N) is 4. The van der Waals surface area contributed by atoms with Gasteiger partial charge in [0, 0.05) is 24.3 Å². The first kappa shape index (κ1) is 18.4. The Labute approximate surface area is 176 Å². The Morgan fingerprint density at radius 3 is 2.60 bits per heavy atom. The Hall–Kier alpha value is -2.41. The highest BCUT2D eigenvalue weighted by molar-refractivity contribution is 6.00. The lowest BCUT2D eigenvalue weighted by atomic mass is 9.50. The van der Waals surface area contributed by atoms with Gasteiger partial charge in [0.05, 0.1) is 24.3 Å². The molecule has 2 aromatic rings. The van der Waals surface area contributed by atoms with Crippen LogP contribution in [0.3, 0.4) is 0 Å². The maximum atomic E-state index is 13.6. The normalized spacial score (nSPS) is 34.9. The maximum Gasteiger partial charge on any atom is 0.253 e. The SMILES string of the molecule is O=C(NC12CC3CC(C1)CC(n1cncn1)(C3)C2)c1ccccc1N1CCOCC1. The lowest BCUT2D eigenvalue weighted by molar-refractivity contribution is -0.0744. The second kappa shape index (κ2) is 6.80. The molecule has 4 aliphatic carbocycles. The van der Waals surface area contributed by atoms with E-state index in [1.807, 2.05) is 24.5 Å². The molecule has 5 aliphatic rings. The highest BCUT2D eigenvalue weighted by atomic mass is 16.5. The summed E-state index contributed by atoms with van der Waals surface area (Å²) < 4.78 is 7.59. The van der Waals surface area contributed by atoms with Gasteiger partial charge in [-0.3, -0.25) is 4.79 Å². The molecule has 7 heteroatoms. The Bertz CT molecular complexity index is 923. The first-order chi connectivity index (χ1) is 14.6. The highest BCUT2D eigenvalue weighted by Gasteiger charge is 2.59. The van der Waals surface area contributed by atoms with Gasteiger partial charge < -0.3 is 15.0 Å². The van der Waals surface area contributed by atoms with E-state index in [9.17, 15) is 4.79 Å². The summed E-state index contributed by atoms with van der Waals surface area (Å²) in [5.41, 5.74) is 1.68. The van der Waals surface area contributed by atoms with E-state index >= 15 is 0 Å². The maximum absolute atomic E-state index is 13.6. The van der Waals surface area contributed by atoms with E-state index in [1.54, 1.807) is 6.33 Å². The molecule has 0 radical (unpaired) electrons. The fraction of sp³-hybridized carbons (Fsp3) is 0.609. The highest BCUT2D eigenvalue weighted by Crippen LogP contribution is 2.60. The molecule has 1 aromatic heterocycles. The minimum atomic E-state index is -0.134. The van der Waals surface area contributed by atoms with E-state index in [0.717, 1.165) is 56.4 Å². The quantitative estimate of drug-likeness (QED) is 0.844. The molecule has 4 saturated carbocycles. The Morgan fingerprint density at radius 2 is 1.87 bits per heavy atom. The Morgan fingerprint density at radius 1 is 1.10 bits per heavy atom. The molecule has 1 aromatic carbocycles. The van der Waals surface area contributed by atoms with Gasteiger partial charge >= 0.3 is 0 Å². The third-order valence-electron chi connectivity index (χ3n) is 7.81. The topological polar surface area (TPSA) is 72.3 Å². The van der Waals surface area contributed by atoms with Crippen molar-refractivity contribution in [3.05, 3.63) is 42.5 Å². The molecular formula is C23H29N5O2. The van der Waals surface area contributed by atoms with Gasteiger partial charge in [0.25, 0.3) is 5.91 Å². The smallest absolute Gasteiger partial charge is 0.253 e. The summed E-state index contributed by atoms with van der Waals surface area (Å²) in [5.74, 6) is 1.38. The third-order valence-corrected chi connectivity index (χ3v) is 7.81. The van der Waals surface area contributed by atoms with Gasteiger partial charge in [-0.15, -0.1) is 0 Å². The average molecular weight is 408 g/mol. The number of benzene rings is 1. The second-order valence-electron chi connectivity index (χ2n) is 9.88. The van der Waals surface area contributed by atoms with Crippen molar-refractivity contribution in [3.8, 4) is 0 Å². The largest absolute Gasteiger partial charge is 0.378 e. The van der Waals surface area contributed by atoms with Crippen molar-refractivity contribution in [2.75, 3.05) is 31.2 Å². The number of nitrogens with one attached hydrogen (secondary N) is 1. The number of carbonyl (C=O) groups is 1. The van der Waals surface area contributed by atoms with Crippen LogP contribution >= 0.6 is 0 Å². The predicted octanol–water partition coefficient (Wildman–Crippen LogP) is 2.59. The number of hydrogen-bond donors (Lipinski definition) is 1. The van der Waals surface area contributed by atoms with Crippen LogP contribution in [0.2, 0.25) is 0 Å². The Kier molecular flexibility index (Phi) is 4.17. The zero-order chi connectivity index (χ0) is 20.2. The van der Waals surface area contributed by atoms with E-state index in [4.69, 9.17) is 4.74 Å². The van der Waals surface area contributed by atoms with Crippen molar-refractivity contribution in [3.63, 3.8) is 0 Å². The monoisotopic (exact) mass is 407 g/mol. The van der Waals surface area contributed by atoms with Crippen molar-refractivity contribution in [2.45, 2.75) is 49.6 Å². The van der Waals surface area contributed by atoms with E-state index in [2.05, 4.69) is 31.0 Å². The van der Waals surface area contributed by atoms with Gasteiger partial charge in [0.2, 0.25) is 0 Å². The number of para-hydroxylation sites is 1. The van der Waals surface area contributed by atoms with Gasteiger partial charge in [-0.05, 0) is 62.5 Å².